The highest BCUT2D eigenvalue weighted by Gasteiger charge is 2.55. The average molecular weight is 216 g/mol. The molecule has 5 unspecified atom stereocenters. The van der Waals surface area contributed by atoms with Crippen molar-refractivity contribution in [3.8, 4) is 0 Å². The van der Waals surface area contributed by atoms with Gasteiger partial charge in [0.2, 0.25) is 0 Å². The molecule has 5 aliphatic rings. The van der Waals surface area contributed by atoms with Crippen molar-refractivity contribution in [2.45, 2.75) is 46.0 Å². The summed E-state index contributed by atoms with van der Waals surface area (Å²) in [6.45, 7) is 5.03. The summed E-state index contributed by atoms with van der Waals surface area (Å²) in [7, 11) is 0. The first-order chi connectivity index (χ1) is 7.64. The summed E-state index contributed by atoms with van der Waals surface area (Å²) >= 11 is 0. The second-order valence-corrected chi connectivity index (χ2v) is 7.63. The minimum atomic E-state index is 0.698. The van der Waals surface area contributed by atoms with Crippen molar-refractivity contribution in [1.82, 2.24) is 0 Å². The first-order valence-electron chi connectivity index (χ1n) is 7.33. The van der Waals surface area contributed by atoms with Crippen molar-refractivity contribution in [3.63, 3.8) is 0 Å². The largest absolute Gasteiger partial charge is 0.0851 e. The van der Waals surface area contributed by atoms with E-state index in [4.69, 9.17) is 0 Å². The molecule has 0 spiro atoms. The topological polar surface area (TPSA) is 0 Å². The zero-order valence-electron chi connectivity index (χ0n) is 10.7. The van der Waals surface area contributed by atoms with Gasteiger partial charge in [-0.05, 0) is 73.0 Å². The Balaban J connectivity index is 1.50. The number of hydrogen-bond donors (Lipinski definition) is 0. The zero-order chi connectivity index (χ0) is 10.9. The van der Waals surface area contributed by atoms with Crippen molar-refractivity contribution < 1.29 is 0 Å². The second kappa shape index (κ2) is 2.94. The maximum atomic E-state index is 2.55. The van der Waals surface area contributed by atoms with E-state index in [-0.39, 0.29) is 0 Å². The zero-order valence-corrected chi connectivity index (χ0v) is 10.7. The van der Waals surface area contributed by atoms with Crippen LogP contribution in [0.25, 0.3) is 0 Å². The van der Waals surface area contributed by atoms with Gasteiger partial charge in [0.15, 0.2) is 0 Å². The number of allylic oxidation sites excluding steroid dienone is 2. The Morgan fingerprint density at radius 1 is 0.875 bits per heavy atom. The van der Waals surface area contributed by atoms with Crippen LogP contribution in [0, 0.1) is 40.9 Å². The van der Waals surface area contributed by atoms with Gasteiger partial charge in [-0.3, -0.25) is 0 Å². The van der Waals surface area contributed by atoms with Crippen LogP contribution in [0.4, 0.5) is 0 Å². The lowest BCUT2D eigenvalue weighted by Crippen LogP contribution is -2.51. The first kappa shape index (κ1) is 9.74. The summed E-state index contributed by atoms with van der Waals surface area (Å²) in [6, 6.07) is 0. The van der Waals surface area contributed by atoms with E-state index in [0.29, 0.717) is 5.41 Å². The first-order valence-corrected chi connectivity index (χ1v) is 7.33. The van der Waals surface area contributed by atoms with Gasteiger partial charge in [0.25, 0.3) is 0 Å². The molecule has 88 valence electrons. The third-order valence-electron chi connectivity index (χ3n) is 6.78. The lowest BCUT2D eigenvalue weighted by atomic mass is 9.45. The molecule has 0 saturated heterocycles. The van der Waals surface area contributed by atoms with Crippen molar-refractivity contribution in [1.29, 1.82) is 0 Å². The highest BCUT2D eigenvalue weighted by molar-refractivity contribution is 5.13. The molecule has 0 amide bonds. The molecule has 0 aromatic carbocycles. The molecular formula is C16H24. The predicted molar refractivity (Wildman–Crippen MR) is 66.9 cm³/mol. The number of fused-ring (bicyclic) bond motifs is 4. The minimum Gasteiger partial charge on any atom is -0.0851 e. The maximum absolute atomic E-state index is 2.55. The molecule has 0 heterocycles. The highest BCUT2D eigenvalue weighted by atomic mass is 14.6. The Morgan fingerprint density at radius 2 is 1.62 bits per heavy atom. The van der Waals surface area contributed by atoms with Crippen LogP contribution in [0.5, 0.6) is 0 Å². The van der Waals surface area contributed by atoms with Gasteiger partial charge in [-0.25, -0.2) is 0 Å². The molecule has 16 heavy (non-hydrogen) atoms. The Morgan fingerprint density at radius 3 is 2.12 bits per heavy atom. The molecule has 4 fully saturated rings. The number of hydrogen-bond acceptors (Lipinski definition) is 0. The van der Waals surface area contributed by atoms with E-state index in [0.717, 1.165) is 35.5 Å². The Hall–Kier alpha value is -0.260. The molecule has 0 aromatic heterocycles. The average Bonchev–Trinajstić information content (AvgIpc) is 2.90. The van der Waals surface area contributed by atoms with E-state index in [9.17, 15) is 0 Å². The smallest absolute Gasteiger partial charge is 0.0197 e. The van der Waals surface area contributed by atoms with Gasteiger partial charge in [0.1, 0.15) is 0 Å². The predicted octanol–water partition coefficient (Wildman–Crippen LogP) is 4.27. The van der Waals surface area contributed by atoms with Gasteiger partial charge in [-0.15, -0.1) is 0 Å². The molecule has 5 rings (SSSR count). The molecule has 0 heteroatoms. The third-order valence-corrected chi connectivity index (χ3v) is 6.78. The van der Waals surface area contributed by atoms with Crippen LogP contribution in [0.2, 0.25) is 0 Å². The highest BCUT2D eigenvalue weighted by Crippen LogP contribution is 2.64. The summed E-state index contributed by atoms with van der Waals surface area (Å²) < 4.78 is 0. The number of rotatable bonds is 1. The van der Waals surface area contributed by atoms with Crippen LogP contribution in [-0.2, 0) is 0 Å². The Labute approximate surface area is 99.5 Å². The summed E-state index contributed by atoms with van der Waals surface area (Å²) in [5.41, 5.74) is 0.698. The molecular weight excluding hydrogens is 192 g/mol. The fourth-order valence-electron chi connectivity index (χ4n) is 5.47. The fourth-order valence-corrected chi connectivity index (χ4v) is 5.47. The summed E-state index contributed by atoms with van der Waals surface area (Å²) in [4.78, 5) is 0. The molecule has 4 bridgehead atoms. The standard InChI is InChI=1S/C16H24/c1-16(2)13-7-12(8-14(16)9-13)15-6-10-3-4-11(15)5-10/h3-4,10-15H,5-9H2,1-2H3. The SMILES string of the molecule is CC1(C)C2CC(C3CC4C=CC3C4)CC1C2. The van der Waals surface area contributed by atoms with E-state index < -0.39 is 0 Å². The molecule has 0 aromatic rings. The van der Waals surface area contributed by atoms with Crippen molar-refractivity contribution in [3.05, 3.63) is 12.2 Å². The summed E-state index contributed by atoms with van der Waals surface area (Å²) in [5.74, 6) is 6.27. The van der Waals surface area contributed by atoms with Gasteiger partial charge in [-0.2, -0.15) is 0 Å². The summed E-state index contributed by atoms with van der Waals surface area (Å²) in [6.07, 6.45) is 12.8. The molecule has 4 saturated carbocycles. The Bertz CT molecular complexity index is 324. The minimum absolute atomic E-state index is 0.698. The van der Waals surface area contributed by atoms with E-state index in [1.54, 1.807) is 19.3 Å². The molecule has 0 N–H and O–H groups in total. The lowest BCUT2D eigenvalue weighted by molar-refractivity contribution is -0.103. The van der Waals surface area contributed by atoms with Crippen molar-refractivity contribution in [2.24, 2.45) is 40.9 Å². The monoisotopic (exact) mass is 216 g/mol. The van der Waals surface area contributed by atoms with E-state index in [1.165, 1.54) is 12.8 Å². The molecule has 0 nitrogen and oxygen atoms in total. The Kier molecular flexibility index (Phi) is 1.79. The van der Waals surface area contributed by atoms with E-state index in [2.05, 4.69) is 26.0 Å². The van der Waals surface area contributed by atoms with Gasteiger partial charge in [0.05, 0.1) is 0 Å². The van der Waals surface area contributed by atoms with Crippen molar-refractivity contribution in [2.75, 3.05) is 0 Å². The van der Waals surface area contributed by atoms with E-state index >= 15 is 0 Å². The normalized spacial score (nSPS) is 56.4. The van der Waals surface area contributed by atoms with Crippen LogP contribution >= 0.6 is 0 Å². The van der Waals surface area contributed by atoms with Crippen LogP contribution in [0.1, 0.15) is 46.0 Å². The van der Waals surface area contributed by atoms with Gasteiger partial charge >= 0.3 is 0 Å². The molecule has 5 aliphatic carbocycles. The molecule has 0 aliphatic heterocycles. The van der Waals surface area contributed by atoms with Crippen LogP contribution in [0.15, 0.2) is 12.2 Å². The van der Waals surface area contributed by atoms with Gasteiger partial charge in [0, 0.05) is 0 Å². The quantitative estimate of drug-likeness (QED) is 0.574. The maximum Gasteiger partial charge on any atom is -0.0197 e. The molecule has 5 atom stereocenters. The van der Waals surface area contributed by atoms with Crippen LogP contribution in [0.3, 0.4) is 0 Å². The fraction of sp³-hybridized carbons (Fsp3) is 0.875. The van der Waals surface area contributed by atoms with Crippen molar-refractivity contribution >= 4 is 0 Å². The second-order valence-electron chi connectivity index (χ2n) is 7.63. The van der Waals surface area contributed by atoms with Gasteiger partial charge in [-0.1, -0.05) is 26.0 Å². The van der Waals surface area contributed by atoms with E-state index in [1.807, 2.05) is 0 Å². The summed E-state index contributed by atoms with van der Waals surface area (Å²) in [5, 5.41) is 0. The third kappa shape index (κ3) is 1.11. The lowest BCUT2D eigenvalue weighted by Gasteiger charge is -2.60. The molecule has 0 radical (unpaired) electrons. The van der Waals surface area contributed by atoms with Crippen LogP contribution < -0.4 is 0 Å². The van der Waals surface area contributed by atoms with Crippen LogP contribution in [-0.4, -0.2) is 0 Å². The van der Waals surface area contributed by atoms with Gasteiger partial charge < -0.3 is 0 Å².